The number of rotatable bonds is 5. The van der Waals surface area contributed by atoms with Crippen LogP contribution in [0.3, 0.4) is 0 Å². The Bertz CT molecular complexity index is 546. The summed E-state index contributed by atoms with van der Waals surface area (Å²) in [6.07, 6.45) is 1.64. The molecule has 0 amide bonds. The molecule has 1 atom stereocenters. The molecule has 0 radical (unpaired) electrons. The summed E-state index contributed by atoms with van der Waals surface area (Å²) in [4.78, 5) is 24.2. The molecular formula is C14H18N2O5. The number of nitro groups is 1. The van der Waals surface area contributed by atoms with Crippen LogP contribution in [0.5, 0.6) is 5.75 Å². The molecule has 1 fully saturated rings. The van der Waals surface area contributed by atoms with Gasteiger partial charge < -0.3 is 9.47 Å². The van der Waals surface area contributed by atoms with Gasteiger partial charge in [-0.15, -0.1) is 0 Å². The number of likely N-dealkylation sites (tertiary alicyclic amines) is 1. The molecule has 1 aromatic carbocycles. The van der Waals surface area contributed by atoms with E-state index in [1.807, 2.05) is 4.90 Å². The summed E-state index contributed by atoms with van der Waals surface area (Å²) in [6.45, 7) is 1.18. The number of benzene rings is 1. The first-order chi connectivity index (χ1) is 10.1. The highest BCUT2D eigenvalue weighted by molar-refractivity contribution is 5.76. The fourth-order valence-corrected chi connectivity index (χ4v) is 2.64. The van der Waals surface area contributed by atoms with E-state index in [1.165, 1.54) is 26.4 Å². The SMILES string of the molecule is COC(=O)C1CCCN1Cc1cc([N+](=O)[O-])ccc1OC. The molecule has 0 saturated carbocycles. The Morgan fingerprint density at radius 2 is 2.24 bits per heavy atom. The lowest BCUT2D eigenvalue weighted by atomic mass is 10.1. The molecule has 0 aliphatic carbocycles. The molecule has 0 bridgehead atoms. The van der Waals surface area contributed by atoms with Gasteiger partial charge in [-0.05, 0) is 25.5 Å². The van der Waals surface area contributed by atoms with Crippen LogP contribution in [0.25, 0.3) is 0 Å². The number of nitrogens with zero attached hydrogens (tertiary/aromatic N) is 2. The zero-order chi connectivity index (χ0) is 15.4. The monoisotopic (exact) mass is 294 g/mol. The summed E-state index contributed by atoms with van der Waals surface area (Å²) in [5.74, 6) is 0.313. The summed E-state index contributed by atoms with van der Waals surface area (Å²) in [7, 11) is 2.89. The zero-order valence-corrected chi connectivity index (χ0v) is 12.1. The molecule has 21 heavy (non-hydrogen) atoms. The van der Waals surface area contributed by atoms with Crippen LogP contribution in [-0.2, 0) is 16.1 Å². The third-order valence-electron chi connectivity index (χ3n) is 3.69. The Balaban J connectivity index is 2.23. The van der Waals surface area contributed by atoms with Crippen molar-refractivity contribution in [2.24, 2.45) is 0 Å². The molecule has 0 N–H and O–H groups in total. The number of nitro benzene ring substituents is 1. The van der Waals surface area contributed by atoms with Crippen LogP contribution in [0, 0.1) is 10.1 Å². The number of methoxy groups -OCH3 is 2. The lowest BCUT2D eigenvalue weighted by Gasteiger charge is -2.23. The second-order valence-electron chi connectivity index (χ2n) is 4.90. The van der Waals surface area contributed by atoms with E-state index in [-0.39, 0.29) is 17.7 Å². The second kappa shape index (κ2) is 6.53. The zero-order valence-electron chi connectivity index (χ0n) is 12.1. The van der Waals surface area contributed by atoms with E-state index in [4.69, 9.17) is 9.47 Å². The largest absolute Gasteiger partial charge is 0.496 e. The summed E-state index contributed by atoms with van der Waals surface area (Å²) >= 11 is 0. The van der Waals surface area contributed by atoms with Gasteiger partial charge in [0.05, 0.1) is 19.1 Å². The predicted molar refractivity (Wildman–Crippen MR) is 75.1 cm³/mol. The van der Waals surface area contributed by atoms with Gasteiger partial charge in [-0.25, -0.2) is 0 Å². The summed E-state index contributed by atoms with van der Waals surface area (Å²) in [5.41, 5.74) is 0.710. The van der Waals surface area contributed by atoms with Crippen LogP contribution in [-0.4, -0.2) is 42.6 Å². The van der Waals surface area contributed by atoms with E-state index >= 15 is 0 Å². The third kappa shape index (κ3) is 3.30. The Labute approximate surface area is 122 Å². The van der Waals surface area contributed by atoms with E-state index in [1.54, 1.807) is 6.07 Å². The first-order valence-electron chi connectivity index (χ1n) is 6.70. The Hall–Kier alpha value is -2.15. The fourth-order valence-electron chi connectivity index (χ4n) is 2.64. The van der Waals surface area contributed by atoms with Crippen molar-refractivity contribution in [1.82, 2.24) is 4.90 Å². The molecule has 7 heteroatoms. The van der Waals surface area contributed by atoms with Crippen molar-refractivity contribution in [1.29, 1.82) is 0 Å². The average Bonchev–Trinajstić information content (AvgIpc) is 2.94. The first-order valence-corrected chi connectivity index (χ1v) is 6.70. The van der Waals surface area contributed by atoms with E-state index in [2.05, 4.69) is 0 Å². The quantitative estimate of drug-likeness (QED) is 0.467. The average molecular weight is 294 g/mol. The van der Waals surface area contributed by atoms with Gasteiger partial charge in [0, 0.05) is 24.2 Å². The number of esters is 1. The molecule has 1 unspecified atom stereocenters. The van der Waals surface area contributed by atoms with Crippen molar-refractivity contribution in [2.75, 3.05) is 20.8 Å². The maximum atomic E-state index is 11.7. The normalized spacial score (nSPS) is 18.5. The molecule has 7 nitrogen and oxygen atoms in total. The van der Waals surface area contributed by atoms with Gasteiger partial charge >= 0.3 is 5.97 Å². The van der Waals surface area contributed by atoms with E-state index in [0.717, 1.165) is 19.4 Å². The van der Waals surface area contributed by atoms with Gasteiger partial charge in [0.2, 0.25) is 0 Å². The highest BCUT2D eigenvalue weighted by Crippen LogP contribution is 2.28. The minimum absolute atomic E-state index is 0.0135. The van der Waals surface area contributed by atoms with Crippen LogP contribution in [0.2, 0.25) is 0 Å². The Morgan fingerprint density at radius 3 is 2.86 bits per heavy atom. The van der Waals surface area contributed by atoms with E-state index in [0.29, 0.717) is 17.9 Å². The molecule has 1 saturated heterocycles. The molecule has 1 aliphatic heterocycles. The molecular weight excluding hydrogens is 276 g/mol. The molecule has 2 rings (SSSR count). The topological polar surface area (TPSA) is 81.9 Å². The van der Waals surface area contributed by atoms with Crippen molar-refractivity contribution in [2.45, 2.75) is 25.4 Å². The molecule has 0 spiro atoms. The van der Waals surface area contributed by atoms with Crippen LogP contribution in [0.15, 0.2) is 18.2 Å². The number of carbonyl (C=O) groups excluding carboxylic acids is 1. The van der Waals surface area contributed by atoms with Crippen LogP contribution < -0.4 is 4.74 Å². The van der Waals surface area contributed by atoms with Crippen molar-refractivity contribution >= 4 is 11.7 Å². The van der Waals surface area contributed by atoms with Gasteiger partial charge in [0.25, 0.3) is 5.69 Å². The Kier molecular flexibility index (Phi) is 4.74. The van der Waals surface area contributed by atoms with Gasteiger partial charge in [0.1, 0.15) is 11.8 Å². The molecule has 1 aliphatic rings. The van der Waals surface area contributed by atoms with Crippen molar-refractivity contribution in [3.63, 3.8) is 0 Å². The maximum absolute atomic E-state index is 11.7. The van der Waals surface area contributed by atoms with E-state index in [9.17, 15) is 14.9 Å². The third-order valence-corrected chi connectivity index (χ3v) is 3.69. The van der Waals surface area contributed by atoms with Crippen LogP contribution >= 0.6 is 0 Å². The fraction of sp³-hybridized carbons (Fsp3) is 0.500. The highest BCUT2D eigenvalue weighted by Gasteiger charge is 2.32. The number of hydrogen-bond donors (Lipinski definition) is 0. The Morgan fingerprint density at radius 1 is 1.48 bits per heavy atom. The highest BCUT2D eigenvalue weighted by atomic mass is 16.6. The lowest BCUT2D eigenvalue weighted by molar-refractivity contribution is -0.385. The molecule has 0 aromatic heterocycles. The minimum atomic E-state index is -0.440. The van der Waals surface area contributed by atoms with Crippen LogP contribution in [0.1, 0.15) is 18.4 Å². The van der Waals surface area contributed by atoms with Crippen molar-refractivity contribution in [3.8, 4) is 5.75 Å². The van der Waals surface area contributed by atoms with Gasteiger partial charge in [0.15, 0.2) is 0 Å². The standard InChI is InChI=1S/C14H18N2O5/c1-20-13-6-5-11(16(18)19)8-10(13)9-15-7-3-4-12(15)14(17)21-2/h5-6,8,12H,3-4,7,9H2,1-2H3. The minimum Gasteiger partial charge on any atom is -0.496 e. The second-order valence-corrected chi connectivity index (χ2v) is 4.90. The summed E-state index contributed by atoms with van der Waals surface area (Å²) in [6, 6.07) is 4.19. The molecule has 114 valence electrons. The summed E-state index contributed by atoms with van der Waals surface area (Å²) < 4.78 is 10.0. The van der Waals surface area contributed by atoms with Gasteiger partial charge in [-0.3, -0.25) is 19.8 Å². The number of carbonyl (C=O) groups is 1. The number of non-ortho nitro benzene ring substituents is 1. The predicted octanol–water partition coefficient (Wildman–Crippen LogP) is 1.74. The number of hydrogen-bond acceptors (Lipinski definition) is 6. The molecule has 1 aromatic rings. The van der Waals surface area contributed by atoms with Gasteiger partial charge in [-0.1, -0.05) is 0 Å². The lowest BCUT2D eigenvalue weighted by Crippen LogP contribution is -2.36. The smallest absolute Gasteiger partial charge is 0.323 e. The van der Waals surface area contributed by atoms with E-state index < -0.39 is 4.92 Å². The van der Waals surface area contributed by atoms with Gasteiger partial charge in [-0.2, -0.15) is 0 Å². The molecule has 1 heterocycles. The number of ether oxygens (including phenoxy) is 2. The van der Waals surface area contributed by atoms with Crippen molar-refractivity contribution < 1.29 is 19.2 Å². The van der Waals surface area contributed by atoms with Crippen LogP contribution in [0.4, 0.5) is 5.69 Å². The summed E-state index contributed by atoms with van der Waals surface area (Å²) in [5, 5.41) is 10.9. The first kappa shape index (κ1) is 15.2. The maximum Gasteiger partial charge on any atom is 0.323 e. The van der Waals surface area contributed by atoms with Crippen molar-refractivity contribution in [3.05, 3.63) is 33.9 Å².